The van der Waals surface area contributed by atoms with E-state index < -0.39 is 0 Å². The van der Waals surface area contributed by atoms with E-state index in [0.717, 1.165) is 29.8 Å². The number of aliphatic imine (C=N–C) groups is 1. The van der Waals surface area contributed by atoms with Gasteiger partial charge in [-0.1, -0.05) is 26.2 Å². The summed E-state index contributed by atoms with van der Waals surface area (Å²) >= 11 is 1.68. The van der Waals surface area contributed by atoms with E-state index in [1.165, 1.54) is 19.3 Å². The summed E-state index contributed by atoms with van der Waals surface area (Å²) in [4.78, 5) is 33.6. The van der Waals surface area contributed by atoms with Crippen LogP contribution in [0.25, 0.3) is 0 Å². The molecule has 1 saturated heterocycles. The van der Waals surface area contributed by atoms with Crippen molar-refractivity contribution in [2.75, 3.05) is 19.9 Å². The zero-order chi connectivity index (χ0) is 22.7. The number of thioether (sulfide) groups is 1. The minimum Gasteiger partial charge on any atom is -0.494 e. The highest BCUT2D eigenvalue weighted by molar-refractivity contribution is 7.99. The fourth-order valence-corrected chi connectivity index (χ4v) is 5.37. The Morgan fingerprint density at radius 2 is 2.12 bits per heavy atom. The van der Waals surface area contributed by atoms with Crippen LogP contribution >= 0.6 is 11.8 Å². The molecule has 1 saturated carbocycles. The number of nitrogens with zero attached hydrogens (tertiary/aromatic N) is 3. The third-order valence-corrected chi connectivity index (χ3v) is 7.87. The maximum absolute atomic E-state index is 12.5. The molecule has 3 aliphatic rings. The largest absolute Gasteiger partial charge is 0.494 e. The lowest BCUT2D eigenvalue weighted by molar-refractivity contribution is -0.132. The third-order valence-electron chi connectivity index (χ3n) is 6.87. The topological polar surface area (TPSA) is 74.2 Å². The normalized spacial score (nSPS) is 21.3. The molecule has 32 heavy (non-hydrogen) atoms. The number of benzene rings is 1. The zero-order valence-electron chi connectivity index (χ0n) is 19.3. The van der Waals surface area contributed by atoms with Crippen LogP contribution in [0.2, 0.25) is 0 Å². The van der Waals surface area contributed by atoms with Crippen LogP contribution in [0.1, 0.15) is 57.4 Å². The molecule has 2 aliphatic heterocycles. The molecule has 2 fully saturated rings. The van der Waals surface area contributed by atoms with E-state index in [0.29, 0.717) is 38.0 Å². The van der Waals surface area contributed by atoms with Gasteiger partial charge in [0.2, 0.25) is 11.9 Å². The quantitative estimate of drug-likeness (QED) is 0.602. The average molecular weight is 459 g/mol. The first-order valence-electron chi connectivity index (χ1n) is 11.7. The van der Waals surface area contributed by atoms with Crippen molar-refractivity contribution in [3.8, 4) is 5.75 Å². The van der Waals surface area contributed by atoms with E-state index in [4.69, 9.17) is 4.74 Å². The van der Waals surface area contributed by atoms with E-state index in [-0.39, 0.29) is 23.1 Å². The molecule has 0 bridgehead atoms. The zero-order valence-corrected chi connectivity index (χ0v) is 20.1. The van der Waals surface area contributed by atoms with Crippen LogP contribution in [0, 0.1) is 0 Å². The van der Waals surface area contributed by atoms with Gasteiger partial charge in [-0.3, -0.25) is 14.9 Å². The summed E-state index contributed by atoms with van der Waals surface area (Å²) in [5.41, 5.74) is 1.92. The van der Waals surface area contributed by atoms with E-state index in [1.807, 2.05) is 36.4 Å². The SMILES string of the molecule is CSC(C)C1C(=O)NC2=Nc3ccc(OCCCC(=O)N(C)C4CCCCC4)cc3CN21. The van der Waals surface area contributed by atoms with Crippen molar-refractivity contribution in [1.29, 1.82) is 0 Å². The number of carbonyl (C=O) groups excluding carboxylic acids is 2. The molecule has 1 aromatic rings. The Balaban J connectivity index is 1.30. The summed E-state index contributed by atoms with van der Waals surface area (Å²) in [5, 5.41) is 3.09. The molecule has 0 radical (unpaired) electrons. The van der Waals surface area contributed by atoms with Gasteiger partial charge in [0.1, 0.15) is 11.8 Å². The van der Waals surface area contributed by atoms with Crippen LogP contribution in [-0.2, 0) is 16.1 Å². The number of fused-ring (bicyclic) bond motifs is 2. The van der Waals surface area contributed by atoms with Crippen molar-refractivity contribution >= 4 is 35.2 Å². The lowest BCUT2D eigenvalue weighted by atomic mass is 9.94. The molecule has 2 amide bonds. The summed E-state index contributed by atoms with van der Waals surface area (Å²) in [6.45, 7) is 3.21. The highest BCUT2D eigenvalue weighted by atomic mass is 32.2. The van der Waals surface area contributed by atoms with Crippen molar-refractivity contribution in [2.45, 2.75) is 75.7 Å². The number of rotatable bonds is 8. The predicted octanol–water partition coefficient (Wildman–Crippen LogP) is 3.69. The van der Waals surface area contributed by atoms with E-state index in [9.17, 15) is 9.59 Å². The summed E-state index contributed by atoms with van der Waals surface area (Å²) in [6, 6.07) is 6.05. The maximum atomic E-state index is 12.5. The Bertz CT molecular complexity index is 884. The van der Waals surface area contributed by atoms with Gasteiger partial charge in [0.15, 0.2) is 0 Å². The van der Waals surface area contributed by atoms with E-state index in [2.05, 4.69) is 22.1 Å². The van der Waals surface area contributed by atoms with Crippen LogP contribution in [0.4, 0.5) is 5.69 Å². The lowest BCUT2D eigenvalue weighted by Gasteiger charge is -2.31. The monoisotopic (exact) mass is 458 g/mol. The first kappa shape index (κ1) is 23.0. The number of hydrogen-bond donors (Lipinski definition) is 1. The van der Waals surface area contributed by atoms with E-state index >= 15 is 0 Å². The van der Waals surface area contributed by atoms with Crippen LogP contribution in [0.3, 0.4) is 0 Å². The number of nitrogens with one attached hydrogen (secondary N) is 1. The molecule has 4 rings (SSSR count). The summed E-state index contributed by atoms with van der Waals surface area (Å²) < 4.78 is 5.95. The Labute approximate surface area is 195 Å². The predicted molar refractivity (Wildman–Crippen MR) is 128 cm³/mol. The smallest absolute Gasteiger partial charge is 0.250 e. The standard InChI is InChI=1S/C24H34N4O3S/c1-16(32-3)22-23(30)26-24-25-20-12-11-19(14-17(20)15-28(22)24)31-13-7-10-21(29)27(2)18-8-5-4-6-9-18/h11-12,14,16,18,22H,4-10,13,15H2,1-3H3,(H,25,26,30). The van der Waals surface area contributed by atoms with Crippen LogP contribution in [0.15, 0.2) is 23.2 Å². The molecule has 0 aromatic heterocycles. The van der Waals surface area contributed by atoms with Gasteiger partial charge < -0.3 is 14.5 Å². The number of ether oxygens (including phenoxy) is 1. The number of hydrogen-bond acceptors (Lipinski definition) is 6. The fourth-order valence-electron chi connectivity index (χ4n) is 4.84. The van der Waals surface area contributed by atoms with Crippen molar-refractivity contribution in [3.63, 3.8) is 0 Å². The fraction of sp³-hybridized carbons (Fsp3) is 0.625. The minimum absolute atomic E-state index is 0.0118. The first-order chi connectivity index (χ1) is 15.5. The molecular formula is C24H34N4O3S. The van der Waals surface area contributed by atoms with Gasteiger partial charge in [0.25, 0.3) is 5.91 Å². The molecule has 174 valence electrons. The van der Waals surface area contributed by atoms with Gasteiger partial charge in [0, 0.05) is 36.9 Å². The summed E-state index contributed by atoms with van der Waals surface area (Å²) in [6.07, 6.45) is 9.26. The van der Waals surface area contributed by atoms with Crippen LogP contribution in [-0.4, -0.2) is 64.8 Å². The van der Waals surface area contributed by atoms with Gasteiger partial charge in [0.05, 0.1) is 12.3 Å². The molecule has 0 spiro atoms. The molecule has 1 aromatic carbocycles. The van der Waals surface area contributed by atoms with Gasteiger partial charge in [-0.2, -0.15) is 11.8 Å². The third kappa shape index (κ3) is 4.90. The first-order valence-corrected chi connectivity index (χ1v) is 13.0. The molecular weight excluding hydrogens is 424 g/mol. The Morgan fingerprint density at radius 1 is 1.34 bits per heavy atom. The molecule has 1 aliphatic carbocycles. The average Bonchev–Trinajstić information content (AvgIpc) is 3.14. The number of carbonyl (C=O) groups is 2. The molecule has 2 atom stereocenters. The Morgan fingerprint density at radius 3 is 2.88 bits per heavy atom. The Kier molecular flexibility index (Phi) is 7.28. The van der Waals surface area contributed by atoms with Crippen LogP contribution < -0.4 is 10.1 Å². The van der Waals surface area contributed by atoms with Crippen molar-refractivity contribution in [2.24, 2.45) is 4.99 Å². The van der Waals surface area contributed by atoms with Gasteiger partial charge in [-0.05, 0) is 43.7 Å². The van der Waals surface area contributed by atoms with Crippen molar-refractivity contribution < 1.29 is 14.3 Å². The van der Waals surface area contributed by atoms with Crippen molar-refractivity contribution in [1.82, 2.24) is 15.1 Å². The molecule has 8 heteroatoms. The highest BCUT2D eigenvalue weighted by Crippen LogP contribution is 2.33. The second kappa shape index (κ2) is 10.1. The lowest BCUT2D eigenvalue weighted by Crippen LogP contribution is -2.42. The van der Waals surface area contributed by atoms with Crippen molar-refractivity contribution in [3.05, 3.63) is 23.8 Å². The van der Waals surface area contributed by atoms with Gasteiger partial charge >= 0.3 is 0 Å². The maximum Gasteiger partial charge on any atom is 0.250 e. The number of guanidine groups is 1. The molecule has 1 N–H and O–H groups in total. The summed E-state index contributed by atoms with van der Waals surface area (Å²) in [7, 11) is 1.94. The van der Waals surface area contributed by atoms with Gasteiger partial charge in [-0.15, -0.1) is 0 Å². The van der Waals surface area contributed by atoms with Crippen LogP contribution in [0.5, 0.6) is 5.75 Å². The van der Waals surface area contributed by atoms with E-state index in [1.54, 1.807) is 11.8 Å². The number of amides is 2. The molecule has 2 heterocycles. The summed E-state index contributed by atoms with van der Waals surface area (Å²) in [5.74, 6) is 1.65. The highest BCUT2D eigenvalue weighted by Gasteiger charge is 2.41. The van der Waals surface area contributed by atoms with Gasteiger partial charge in [-0.25, -0.2) is 4.99 Å². The minimum atomic E-state index is -0.214. The Hall–Kier alpha value is -2.22. The second-order valence-electron chi connectivity index (χ2n) is 8.98. The molecule has 2 unspecified atom stereocenters. The molecule has 7 nitrogen and oxygen atoms in total. The second-order valence-corrected chi connectivity index (χ2v) is 10.2.